The van der Waals surface area contributed by atoms with Crippen LogP contribution in [0.5, 0.6) is 0 Å². The molecule has 0 radical (unpaired) electrons. The molecule has 1 aromatic carbocycles. The molecule has 6 heteroatoms. The summed E-state index contributed by atoms with van der Waals surface area (Å²) in [4.78, 5) is 0. The van der Waals surface area contributed by atoms with Gasteiger partial charge in [0, 0.05) is 12.0 Å². The summed E-state index contributed by atoms with van der Waals surface area (Å²) in [5.41, 5.74) is 0.472. The van der Waals surface area contributed by atoms with Crippen molar-refractivity contribution in [2.45, 2.75) is 24.6 Å². The number of aliphatic hydroxyl groups is 1. The van der Waals surface area contributed by atoms with Crippen molar-refractivity contribution in [1.82, 2.24) is 0 Å². The average Bonchev–Trinajstić information content (AvgIpc) is 2.28. The summed E-state index contributed by atoms with van der Waals surface area (Å²) in [5.74, 6) is -0.666. The third-order valence-corrected chi connectivity index (χ3v) is 2.10. The van der Waals surface area contributed by atoms with E-state index in [2.05, 4.69) is 11.8 Å². The number of halogens is 5. The van der Waals surface area contributed by atoms with Gasteiger partial charge in [-0.3, -0.25) is 0 Å². The molecule has 0 bridgehead atoms. The van der Waals surface area contributed by atoms with Crippen LogP contribution < -0.4 is 0 Å². The molecule has 0 saturated heterocycles. The van der Waals surface area contributed by atoms with Crippen LogP contribution in [0.25, 0.3) is 0 Å². The maximum atomic E-state index is 12.6. The van der Waals surface area contributed by atoms with E-state index < -0.39 is 24.6 Å². The first kappa shape index (κ1) is 14.5. The van der Waals surface area contributed by atoms with Crippen molar-refractivity contribution in [2.75, 3.05) is 0 Å². The summed E-state index contributed by atoms with van der Waals surface area (Å²) in [6, 6.07) is 8.13. The molecular formula is C12H9F5O. The van der Waals surface area contributed by atoms with Gasteiger partial charge in [-0.25, -0.2) is 0 Å². The molecule has 1 nitrogen and oxygen atoms in total. The van der Waals surface area contributed by atoms with Gasteiger partial charge >= 0.3 is 12.1 Å². The van der Waals surface area contributed by atoms with Gasteiger partial charge in [0.05, 0.1) is 0 Å². The Morgan fingerprint density at radius 3 is 2.11 bits per heavy atom. The Labute approximate surface area is 100 Å². The predicted octanol–water partition coefficient (Wildman–Crippen LogP) is 2.99. The van der Waals surface area contributed by atoms with Gasteiger partial charge in [-0.1, -0.05) is 30.0 Å². The molecule has 0 heterocycles. The van der Waals surface area contributed by atoms with E-state index in [0.717, 1.165) is 0 Å². The smallest absolute Gasteiger partial charge is 0.385 e. The quantitative estimate of drug-likeness (QED) is 0.643. The molecule has 1 unspecified atom stereocenters. The van der Waals surface area contributed by atoms with E-state index in [1.807, 2.05) is 0 Å². The molecule has 18 heavy (non-hydrogen) atoms. The molecule has 0 spiro atoms. The molecule has 0 amide bonds. The molecule has 1 N–H and O–H groups in total. The summed E-state index contributed by atoms with van der Waals surface area (Å²) in [6.07, 6.45) is -9.60. The Morgan fingerprint density at radius 1 is 1.06 bits per heavy atom. The standard InChI is InChI=1S/C12H9F5O/c13-11(14,12(15,16)17)10(18)8-4-7-9-5-2-1-3-6-9/h1-3,5-6,10,18H,8H2. The zero-order valence-corrected chi connectivity index (χ0v) is 9.01. The van der Waals surface area contributed by atoms with Crippen molar-refractivity contribution in [3.05, 3.63) is 35.9 Å². The molecule has 0 fully saturated rings. The van der Waals surface area contributed by atoms with Gasteiger partial charge in [0.2, 0.25) is 0 Å². The van der Waals surface area contributed by atoms with Gasteiger partial charge in [-0.2, -0.15) is 22.0 Å². The summed E-state index contributed by atoms with van der Waals surface area (Å²) in [5, 5.41) is 8.82. The monoisotopic (exact) mass is 264 g/mol. The molecule has 1 rings (SSSR count). The number of rotatable bonds is 2. The average molecular weight is 264 g/mol. The van der Waals surface area contributed by atoms with Crippen LogP contribution in [0.15, 0.2) is 30.3 Å². The van der Waals surface area contributed by atoms with Crippen molar-refractivity contribution >= 4 is 0 Å². The first-order chi connectivity index (χ1) is 8.25. The molecule has 98 valence electrons. The van der Waals surface area contributed by atoms with Gasteiger partial charge in [-0.05, 0) is 12.1 Å². The van der Waals surface area contributed by atoms with E-state index in [9.17, 15) is 22.0 Å². The van der Waals surface area contributed by atoms with E-state index in [1.165, 1.54) is 0 Å². The van der Waals surface area contributed by atoms with E-state index in [4.69, 9.17) is 5.11 Å². The SMILES string of the molecule is OC(CC#Cc1ccccc1)C(F)(F)C(F)(F)F. The normalized spacial score (nSPS) is 13.7. The lowest BCUT2D eigenvalue weighted by Crippen LogP contribution is -2.46. The first-order valence-electron chi connectivity index (χ1n) is 4.91. The van der Waals surface area contributed by atoms with E-state index in [1.54, 1.807) is 30.3 Å². The zero-order valence-electron chi connectivity index (χ0n) is 9.01. The number of aliphatic hydroxyl groups excluding tert-OH is 1. The molecular weight excluding hydrogens is 255 g/mol. The van der Waals surface area contributed by atoms with Crippen LogP contribution in [0, 0.1) is 11.8 Å². The highest BCUT2D eigenvalue weighted by molar-refractivity contribution is 5.33. The maximum Gasteiger partial charge on any atom is 0.456 e. The largest absolute Gasteiger partial charge is 0.456 e. The molecule has 0 aliphatic carbocycles. The topological polar surface area (TPSA) is 20.2 Å². The van der Waals surface area contributed by atoms with Gasteiger partial charge < -0.3 is 5.11 Å². The van der Waals surface area contributed by atoms with Gasteiger partial charge in [-0.15, -0.1) is 0 Å². The van der Waals surface area contributed by atoms with Gasteiger partial charge in [0.15, 0.2) is 0 Å². The summed E-state index contributed by atoms with van der Waals surface area (Å²) in [7, 11) is 0. The fourth-order valence-corrected chi connectivity index (χ4v) is 1.09. The minimum atomic E-state index is -5.78. The van der Waals surface area contributed by atoms with Gasteiger partial charge in [0.25, 0.3) is 0 Å². The predicted molar refractivity (Wildman–Crippen MR) is 54.9 cm³/mol. The Bertz CT molecular complexity index is 441. The van der Waals surface area contributed by atoms with Crippen LogP contribution in [-0.4, -0.2) is 23.3 Å². The highest BCUT2D eigenvalue weighted by atomic mass is 19.4. The lowest BCUT2D eigenvalue weighted by molar-refractivity contribution is -0.311. The Kier molecular flexibility index (Phi) is 4.30. The lowest BCUT2D eigenvalue weighted by Gasteiger charge is -2.23. The molecule has 1 aromatic rings. The van der Waals surface area contributed by atoms with Crippen LogP contribution in [-0.2, 0) is 0 Å². The molecule has 0 aromatic heterocycles. The van der Waals surface area contributed by atoms with Crippen molar-refractivity contribution in [1.29, 1.82) is 0 Å². The Morgan fingerprint density at radius 2 is 1.61 bits per heavy atom. The van der Waals surface area contributed by atoms with Crippen LogP contribution in [0.3, 0.4) is 0 Å². The van der Waals surface area contributed by atoms with Crippen LogP contribution in [0.1, 0.15) is 12.0 Å². The number of hydrogen-bond donors (Lipinski definition) is 1. The second-order valence-electron chi connectivity index (χ2n) is 3.51. The maximum absolute atomic E-state index is 12.6. The summed E-state index contributed by atoms with van der Waals surface area (Å²) in [6.45, 7) is 0. The van der Waals surface area contributed by atoms with E-state index in [-0.39, 0.29) is 0 Å². The van der Waals surface area contributed by atoms with Crippen molar-refractivity contribution in [3.8, 4) is 11.8 Å². The zero-order chi connectivity index (χ0) is 13.8. The highest BCUT2D eigenvalue weighted by Crippen LogP contribution is 2.38. The fraction of sp³-hybridized carbons (Fsp3) is 0.333. The lowest BCUT2D eigenvalue weighted by atomic mass is 10.1. The first-order valence-corrected chi connectivity index (χ1v) is 4.91. The molecule has 0 saturated carbocycles. The Hall–Kier alpha value is -1.61. The fourth-order valence-electron chi connectivity index (χ4n) is 1.09. The third kappa shape index (κ3) is 3.44. The molecule has 0 aliphatic rings. The molecule has 1 atom stereocenters. The summed E-state index contributed by atoms with van der Waals surface area (Å²) >= 11 is 0. The van der Waals surface area contributed by atoms with E-state index >= 15 is 0 Å². The number of hydrogen-bond acceptors (Lipinski definition) is 1. The van der Waals surface area contributed by atoms with Crippen LogP contribution >= 0.6 is 0 Å². The third-order valence-electron chi connectivity index (χ3n) is 2.10. The minimum absolute atomic E-state index is 0.472. The summed E-state index contributed by atoms with van der Waals surface area (Å²) < 4.78 is 60.8. The van der Waals surface area contributed by atoms with Crippen molar-refractivity contribution in [3.63, 3.8) is 0 Å². The number of alkyl halides is 5. The van der Waals surface area contributed by atoms with Crippen LogP contribution in [0.4, 0.5) is 22.0 Å². The molecule has 0 aliphatic heterocycles. The van der Waals surface area contributed by atoms with Crippen molar-refractivity contribution in [2.24, 2.45) is 0 Å². The second kappa shape index (κ2) is 5.36. The second-order valence-corrected chi connectivity index (χ2v) is 3.51. The van der Waals surface area contributed by atoms with Crippen molar-refractivity contribution < 1.29 is 27.1 Å². The van der Waals surface area contributed by atoms with Crippen LogP contribution in [0.2, 0.25) is 0 Å². The van der Waals surface area contributed by atoms with E-state index in [0.29, 0.717) is 5.56 Å². The highest BCUT2D eigenvalue weighted by Gasteiger charge is 2.61. The minimum Gasteiger partial charge on any atom is -0.385 e. The Balaban J connectivity index is 2.68. The van der Waals surface area contributed by atoms with Gasteiger partial charge in [0.1, 0.15) is 6.10 Å². The number of benzene rings is 1.